The number of hydrogen-bond donors (Lipinski definition) is 0. The van der Waals surface area contributed by atoms with Crippen LogP contribution in [0.5, 0.6) is 11.5 Å². The second-order valence-electron chi connectivity index (χ2n) is 6.09. The van der Waals surface area contributed by atoms with Gasteiger partial charge in [0.2, 0.25) is 5.13 Å². The van der Waals surface area contributed by atoms with Crippen LogP contribution in [-0.4, -0.2) is 46.9 Å². The average Bonchev–Trinajstić information content (AvgIpc) is 3.21. The van der Waals surface area contributed by atoms with Crippen LogP contribution in [0.1, 0.15) is 30.3 Å². The first-order valence-electron chi connectivity index (χ1n) is 8.89. The van der Waals surface area contributed by atoms with Crippen LogP contribution in [0.15, 0.2) is 28.1 Å². The minimum absolute atomic E-state index is 0.104. The molecule has 0 aliphatic carbocycles. The van der Waals surface area contributed by atoms with Gasteiger partial charge in [0.25, 0.3) is 5.91 Å². The largest absolute Gasteiger partial charge is 0.493 e. The van der Waals surface area contributed by atoms with E-state index in [-0.39, 0.29) is 5.91 Å². The van der Waals surface area contributed by atoms with Gasteiger partial charge in [-0.15, -0.1) is 10.2 Å². The Labute approximate surface area is 172 Å². The molecule has 1 fully saturated rings. The third-order valence-electron chi connectivity index (χ3n) is 3.95. The van der Waals surface area contributed by atoms with Crippen molar-refractivity contribution >= 4 is 45.4 Å². The zero-order valence-corrected chi connectivity index (χ0v) is 17.9. The number of hydrogen-bond acceptors (Lipinski definition) is 8. The van der Waals surface area contributed by atoms with E-state index in [2.05, 4.69) is 22.1 Å². The highest BCUT2D eigenvalue weighted by Crippen LogP contribution is 2.35. The van der Waals surface area contributed by atoms with E-state index in [1.165, 1.54) is 28.0 Å². The van der Waals surface area contributed by atoms with Gasteiger partial charge >= 0.3 is 0 Å². The number of aromatic nitrogens is 2. The normalized spacial score (nSPS) is 17.0. The van der Waals surface area contributed by atoms with E-state index in [0.717, 1.165) is 23.4 Å². The van der Waals surface area contributed by atoms with Crippen molar-refractivity contribution in [2.45, 2.75) is 26.7 Å². The number of aliphatic imine (C=N–C) groups is 1. The van der Waals surface area contributed by atoms with Crippen molar-refractivity contribution in [3.8, 4) is 11.5 Å². The highest BCUT2D eigenvalue weighted by atomic mass is 32.2. The molecule has 1 aliphatic heterocycles. The fourth-order valence-corrected chi connectivity index (χ4v) is 4.02. The Morgan fingerprint density at radius 3 is 2.79 bits per heavy atom. The third-order valence-corrected chi connectivity index (χ3v) is 5.74. The van der Waals surface area contributed by atoms with Crippen LogP contribution in [0, 0.1) is 6.92 Å². The van der Waals surface area contributed by atoms with E-state index < -0.39 is 0 Å². The Balaban J connectivity index is 1.80. The molecule has 0 unspecified atom stereocenters. The number of thioether (sulfide) groups is 1. The number of amides is 1. The molecular weight excluding hydrogens is 396 g/mol. The van der Waals surface area contributed by atoms with Crippen LogP contribution in [0.2, 0.25) is 0 Å². The molecule has 1 aromatic heterocycles. The van der Waals surface area contributed by atoms with Gasteiger partial charge in [-0.2, -0.15) is 4.99 Å². The van der Waals surface area contributed by atoms with E-state index in [1.807, 2.05) is 31.2 Å². The molecule has 0 radical (unpaired) electrons. The van der Waals surface area contributed by atoms with Crippen molar-refractivity contribution in [1.29, 1.82) is 0 Å². The van der Waals surface area contributed by atoms with Crippen molar-refractivity contribution in [2.75, 3.05) is 20.8 Å². The fourth-order valence-electron chi connectivity index (χ4n) is 2.44. The molecule has 2 heterocycles. The Morgan fingerprint density at radius 2 is 2.11 bits per heavy atom. The number of methoxy groups -OCH3 is 1. The zero-order chi connectivity index (χ0) is 20.1. The van der Waals surface area contributed by atoms with Gasteiger partial charge in [0, 0.05) is 7.05 Å². The summed E-state index contributed by atoms with van der Waals surface area (Å²) in [6.07, 6.45) is 3.89. The quantitative estimate of drug-likeness (QED) is 0.494. The van der Waals surface area contributed by atoms with Gasteiger partial charge in [0.1, 0.15) is 5.01 Å². The maximum Gasteiger partial charge on any atom is 0.266 e. The summed E-state index contributed by atoms with van der Waals surface area (Å²) in [6, 6.07) is 5.65. The minimum atomic E-state index is -0.104. The second-order valence-corrected chi connectivity index (χ2v) is 8.25. The molecule has 3 rings (SSSR count). The highest BCUT2D eigenvalue weighted by molar-refractivity contribution is 8.18. The molecule has 0 saturated carbocycles. The molecule has 1 aliphatic rings. The molecule has 0 bridgehead atoms. The predicted octanol–water partition coefficient (Wildman–Crippen LogP) is 4.27. The van der Waals surface area contributed by atoms with Gasteiger partial charge in [-0.3, -0.25) is 9.69 Å². The number of aryl methyl sites for hydroxylation is 1. The molecule has 1 saturated heterocycles. The molecule has 1 aromatic carbocycles. The molecule has 148 valence electrons. The lowest BCUT2D eigenvalue weighted by atomic mass is 10.2. The van der Waals surface area contributed by atoms with E-state index in [4.69, 9.17) is 9.47 Å². The van der Waals surface area contributed by atoms with Crippen molar-refractivity contribution in [3.63, 3.8) is 0 Å². The lowest BCUT2D eigenvalue weighted by Gasteiger charge is -2.11. The Morgan fingerprint density at radius 1 is 1.29 bits per heavy atom. The van der Waals surface area contributed by atoms with Crippen molar-refractivity contribution in [1.82, 2.24) is 15.1 Å². The number of amidine groups is 1. The molecule has 0 atom stereocenters. The van der Waals surface area contributed by atoms with E-state index in [9.17, 15) is 4.79 Å². The SMILES string of the molecule is CCCCOc1ccc(/C=C2\S/C(=N/c3nnc(C)s3)N(C)C2=O)cc1OC. The first-order valence-corrected chi connectivity index (χ1v) is 10.5. The van der Waals surface area contributed by atoms with Crippen LogP contribution in [-0.2, 0) is 4.79 Å². The number of carbonyl (C=O) groups is 1. The molecular formula is C19H22N4O3S2. The lowest BCUT2D eigenvalue weighted by Crippen LogP contribution is -2.23. The molecule has 7 nitrogen and oxygen atoms in total. The number of ether oxygens (including phenoxy) is 2. The molecule has 28 heavy (non-hydrogen) atoms. The molecule has 2 aromatic rings. The molecule has 1 amide bonds. The van der Waals surface area contributed by atoms with Crippen LogP contribution in [0.25, 0.3) is 6.08 Å². The Kier molecular flexibility index (Phi) is 6.69. The summed E-state index contributed by atoms with van der Waals surface area (Å²) in [5, 5.41) is 9.90. The van der Waals surface area contributed by atoms with Gasteiger partial charge in [-0.05, 0) is 48.9 Å². The summed E-state index contributed by atoms with van der Waals surface area (Å²) in [4.78, 5) is 19.1. The van der Waals surface area contributed by atoms with E-state index >= 15 is 0 Å². The number of rotatable bonds is 7. The van der Waals surface area contributed by atoms with Gasteiger partial charge < -0.3 is 9.47 Å². The van der Waals surface area contributed by atoms with Crippen LogP contribution in [0.3, 0.4) is 0 Å². The summed E-state index contributed by atoms with van der Waals surface area (Å²) in [5.74, 6) is 1.24. The second kappa shape index (κ2) is 9.20. The Hall–Kier alpha value is -2.39. The predicted molar refractivity (Wildman–Crippen MR) is 113 cm³/mol. The summed E-state index contributed by atoms with van der Waals surface area (Å²) in [7, 11) is 3.31. The van der Waals surface area contributed by atoms with Gasteiger partial charge in [0.05, 0.1) is 18.6 Å². The highest BCUT2D eigenvalue weighted by Gasteiger charge is 2.30. The maximum atomic E-state index is 12.6. The Bertz CT molecular complexity index is 924. The number of nitrogens with zero attached hydrogens (tertiary/aromatic N) is 4. The fraction of sp³-hybridized carbons (Fsp3) is 0.368. The zero-order valence-electron chi connectivity index (χ0n) is 16.3. The first-order chi connectivity index (χ1) is 13.5. The van der Waals surface area contributed by atoms with Crippen LogP contribution in [0.4, 0.5) is 5.13 Å². The summed E-state index contributed by atoms with van der Waals surface area (Å²) in [6.45, 7) is 4.64. The number of unbranched alkanes of at least 4 members (excludes halogenated alkanes) is 1. The molecule has 0 spiro atoms. The minimum Gasteiger partial charge on any atom is -0.493 e. The van der Waals surface area contributed by atoms with Gasteiger partial charge in [-0.25, -0.2) is 0 Å². The maximum absolute atomic E-state index is 12.6. The lowest BCUT2D eigenvalue weighted by molar-refractivity contribution is -0.121. The van der Waals surface area contributed by atoms with Gasteiger partial charge in [0.15, 0.2) is 16.7 Å². The summed E-state index contributed by atoms with van der Waals surface area (Å²) < 4.78 is 11.2. The number of carbonyl (C=O) groups excluding carboxylic acids is 1. The third kappa shape index (κ3) is 4.71. The topological polar surface area (TPSA) is 76.9 Å². The number of benzene rings is 1. The van der Waals surface area contributed by atoms with Crippen molar-refractivity contribution in [2.24, 2.45) is 4.99 Å². The first kappa shape index (κ1) is 20.3. The van der Waals surface area contributed by atoms with Crippen molar-refractivity contribution < 1.29 is 14.3 Å². The molecule has 0 N–H and O–H groups in total. The standard InChI is InChI=1S/C19H22N4O3S2/c1-5-6-9-26-14-8-7-13(10-15(14)25-4)11-16-17(24)23(3)19(28-16)20-18-22-21-12(2)27-18/h7-8,10-11H,5-6,9H2,1-4H3/b16-11-,20-19+. The van der Waals surface area contributed by atoms with Crippen LogP contribution < -0.4 is 9.47 Å². The van der Waals surface area contributed by atoms with E-state index in [0.29, 0.717) is 33.3 Å². The smallest absolute Gasteiger partial charge is 0.266 e. The average molecular weight is 419 g/mol. The monoisotopic (exact) mass is 418 g/mol. The summed E-state index contributed by atoms with van der Waals surface area (Å²) in [5.41, 5.74) is 0.858. The van der Waals surface area contributed by atoms with Gasteiger partial charge in [-0.1, -0.05) is 30.7 Å². The number of likely N-dealkylation sites (N-methyl/N-ethyl adjacent to an activating group) is 1. The molecule has 9 heteroatoms. The van der Waals surface area contributed by atoms with Crippen molar-refractivity contribution in [3.05, 3.63) is 33.7 Å². The summed E-state index contributed by atoms with van der Waals surface area (Å²) >= 11 is 2.70. The van der Waals surface area contributed by atoms with E-state index in [1.54, 1.807) is 14.2 Å². The van der Waals surface area contributed by atoms with Crippen LogP contribution >= 0.6 is 23.1 Å².